The van der Waals surface area contributed by atoms with Crippen molar-refractivity contribution in [2.45, 2.75) is 38.8 Å². The number of benzene rings is 3. The molecule has 0 aliphatic carbocycles. The van der Waals surface area contributed by atoms with Gasteiger partial charge in [-0.1, -0.05) is 47.5 Å². The summed E-state index contributed by atoms with van der Waals surface area (Å²) in [6, 6.07) is 21.2. The number of halogens is 2. The summed E-state index contributed by atoms with van der Waals surface area (Å²) in [5.41, 5.74) is 2.46. The molecule has 36 heavy (non-hydrogen) atoms. The summed E-state index contributed by atoms with van der Waals surface area (Å²) < 4.78 is 10.7. The molecule has 186 valence electrons. The molecule has 0 aromatic heterocycles. The minimum atomic E-state index is -0.496. The number of nitrogens with zero attached hydrogens (tertiary/aromatic N) is 1. The third-order valence-electron chi connectivity index (χ3n) is 6.09. The monoisotopic (exact) mass is 525 g/mol. The van der Waals surface area contributed by atoms with Crippen LogP contribution in [0.15, 0.2) is 72.8 Å². The van der Waals surface area contributed by atoms with Crippen molar-refractivity contribution < 1.29 is 23.9 Å². The van der Waals surface area contributed by atoms with Crippen LogP contribution in [0, 0.1) is 5.92 Å². The first-order valence-corrected chi connectivity index (χ1v) is 12.3. The molecule has 0 saturated carbocycles. The van der Waals surface area contributed by atoms with Gasteiger partial charge in [-0.3, -0.25) is 14.4 Å². The molecule has 3 atom stereocenters. The lowest BCUT2D eigenvalue weighted by Crippen LogP contribution is -2.55. The van der Waals surface area contributed by atoms with Gasteiger partial charge in [-0.25, -0.2) is 0 Å². The summed E-state index contributed by atoms with van der Waals surface area (Å²) in [7, 11) is 0. The molecule has 6 nitrogen and oxygen atoms in total. The Kier molecular flexibility index (Phi) is 7.97. The summed E-state index contributed by atoms with van der Waals surface area (Å²) in [5.74, 6) is -0.713. The van der Waals surface area contributed by atoms with E-state index in [0.717, 1.165) is 16.8 Å². The van der Waals surface area contributed by atoms with Crippen molar-refractivity contribution in [2.75, 3.05) is 4.90 Å². The number of esters is 2. The molecule has 1 aliphatic heterocycles. The Balaban J connectivity index is 1.59. The fraction of sp³-hybridized carbons (Fsp3) is 0.250. The zero-order chi connectivity index (χ0) is 25.8. The van der Waals surface area contributed by atoms with Crippen LogP contribution in [-0.2, 0) is 19.1 Å². The number of carbonyl (C=O) groups excluding carboxylic acids is 3. The Labute approximate surface area is 219 Å². The standard InChI is InChI=1S/C28H25Cl2NO5/c1-17(32)35-24-13-5-20(6-14-24)27-25(28(34)31(27)23-11-9-22(30)10-12-23)15-16-26(36-18(2)33)19-3-7-21(29)8-4-19/h3-14,25-27H,15-16H2,1-2H3/t25-,26+,27-/m1/s1. The van der Waals surface area contributed by atoms with E-state index < -0.39 is 18.0 Å². The van der Waals surface area contributed by atoms with Gasteiger partial charge in [0, 0.05) is 29.6 Å². The van der Waals surface area contributed by atoms with Crippen LogP contribution in [-0.4, -0.2) is 17.8 Å². The molecule has 0 bridgehead atoms. The van der Waals surface area contributed by atoms with Gasteiger partial charge < -0.3 is 14.4 Å². The molecule has 1 heterocycles. The summed E-state index contributed by atoms with van der Waals surface area (Å²) in [6.07, 6.45) is 0.470. The van der Waals surface area contributed by atoms with Gasteiger partial charge in [-0.2, -0.15) is 0 Å². The third kappa shape index (κ3) is 5.89. The molecule has 1 amide bonds. The zero-order valence-corrected chi connectivity index (χ0v) is 21.3. The highest BCUT2D eigenvalue weighted by molar-refractivity contribution is 6.30. The highest BCUT2D eigenvalue weighted by atomic mass is 35.5. The van der Waals surface area contributed by atoms with Crippen LogP contribution in [0.3, 0.4) is 0 Å². The Hall–Kier alpha value is -3.35. The van der Waals surface area contributed by atoms with Gasteiger partial charge in [0.25, 0.3) is 0 Å². The number of β-lactam (4-membered cyclic amide) rings is 1. The van der Waals surface area contributed by atoms with Crippen LogP contribution in [0.4, 0.5) is 5.69 Å². The SMILES string of the molecule is CC(=O)Oc1ccc([C@@H]2[C@@H](CC[C@H](OC(C)=O)c3ccc(Cl)cc3)C(=O)N2c2ccc(Cl)cc2)cc1. The number of hydrogen-bond donors (Lipinski definition) is 0. The van der Waals surface area contributed by atoms with Gasteiger partial charge in [0.05, 0.1) is 12.0 Å². The lowest BCUT2D eigenvalue weighted by molar-refractivity contribution is -0.147. The summed E-state index contributed by atoms with van der Waals surface area (Å²) in [6.45, 7) is 2.71. The minimum Gasteiger partial charge on any atom is -0.458 e. The number of hydrogen-bond acceptors (Lipinski definition) is 5. The van der Waals surface area contributed by atoms with Crippen LogP contribution in [0.2, 0.25) is 10.0 Å². The Bertz CT molecular complexity index is 1240. The second-order valence-electron chi connectivity index (χ2n) is 8.63. The average Bonchev–Trinajstić information content (AvgIpc) is 2.83. The van der Waals surface area contributed by atoms with Gasteiger partial charge in [0.15, 0.2) is 0 Å². The van der Waals surface area contributed by atoms with Crippen molar-refractivity contribution in [3.05, 3.63) is 94.0 Å². The van der Waals surface area contributed by atoms with Crippen molar-refractivity contribution in [3.8, 4) is 5.75 Å². The highest BCUT2D eigenvalue weighted by Gasteiger charge is 2.48. The van der Waals surface area contributed by atoms with Gasteiger partial charge >= 0.3 is 11.9 Å². The number of amides is 1. The summed E-state index contributed by atoms with van der Waals surface area (Å²) in [4.78, 5) is 38.2. The van der Waals surface area contributed by atoms with Gasteiger partial charge in [0.2, 0.25) is 5.91 Å². The van der Waals surface area contributed by atoms with Crippen LogP contribution in [0.1, 0.15) is 50.0 Å². The zero-order valence-electron chi connectivity index (χ0n) is 19.8. The Morgan fingerprint density at radius 3 is 2.00 bits per heavy atom. The van der Waals surface area contributed by atoms with Gasteiger partial charge in [0.1, 0.15) is 11.9 Å². The molecule has 3 aromatic rings. The molecule has 1 aliphatic rings. The van der Waals surface area contributed by atoms with Gasteiger partial charge in [-0.15, -0.1) is 0 Å². The molecule has 0 spiro atoms. The summed E-state index contributed by atoms with van der Waals surface area (Å²) >= 11 is 12.1. The quantitative estimate of drug-likeness (QED) is 0.185. The normalized spacial score (nSPS) is 17.8. The maximum absolute atomic E-state index is 13.4. The van der Waals surface area contributed by atoms with E-state index >= 15 is 0 Å². The third-order valence-corrected chi connectivity index (χ3v) is 6.60. The first kappa shape index (κ1) is 25.7. The average molecular weight is 526 g/mol. The van der Waals surface area contributed by atoms with E-state index in [4.69, 9.17) is 32.7 Å². The minimum absolute atomic E-state index is 0.0240. The first-order chi connectivity index (χ1) is 17.2. The molecule has 1 fully saturated rings. The van der Waals surface area contributed by atoms with Crippen molar-refractivity contribution in [3.63, 3.8) is 0 Å². The molecule has 3 aromatic carbocycles. The fourth-order valence-corrected chi connectivity index (χ4v) is 4.75. The molecular formula is C28H25Cl2NO5. The number of ether oxygens (including phenoxy) is 2. The lowest BCUT2D eigenvalue weighted by atomic mass is 9.78. The van der Waals surface area contributed by atoms with Crippen molar-refractivity contribution in [1.82, 2.24) is 0 Å². The largest absolute Gasteiger partial charge is 0.458 e. The molecule has 0 unspecified atom stereocenters. The molecule has 0 radical (unpaired) electrons. The second kappa shape index (κ2) is 11.1. The predicted octanol–water partition coefficient (Wildman–Crippen LogP) is 6.71. The van der Waals surface area contributed by atoms with Crippen LogP contribution in [0.5, 0.6) is 5.75 Å². The number of rotatable bonds is 8. The van der Waals surface area contributed by atoms with Crippen LogP contribution < -0.4 is 9.64 Å². The van der Waals surface area contributed by atoms with Crippen molar-refractivity contribution >= 4 is 46.7 Å². The smallest absolute Gasteiger partial charge is 0.308 e. The van der Waals surface area contributed by atoms with Crippen LogP contribution in [0.25, 0.3) is 0 Å². The molecule has 8 heteroatoms. The predicted molar refractivity (Wildman–Crippen MR) is 138 cm³/mol. The van der Waals surface area contributed by atoms with E-state index in [1.807, 2.05) is 36.4 Å². The van der Waals surface area contributed by atoms with E-state index in [1.54, 1.807) is 41.3 Å². The molecule has 1 saturated heterocycles. The summed E-state index contributed by atoms with van der Waals surface area (Å²) in [5, 5.41) is 1.17. The molecular weight excluding hydrogens is 501 g/mol. The van der Waals surface area contributed by atoms with E-state index in [1.165, 1.54) is 13.8 Å². The van der Waals surface area contributed by atoms with Crippen molar-refractivity contribution in [2.24, 2.45) is 5.92 Å². The van der Waals surface area contributed by atoms with E-state index in [-0.39, 0.29) is 17.9 Å². The maximum Gasteiger partial charge on any atom is 0.308 e. The maximum atomic E-state index is 13.4. The second-order valence-corrected chi connectivity index (χ2v) is 9.50. The Morgan fingerprint density at radius 2 is 1.44 bits per heavy atom. The lowest BCUT2D eigenvalue weighted by Gasteiger charge is -2.48. The first-order valence-electron chi connectivity index (χ1n) is 11.5. The topological polar surface area (TPSA) is 72.9 Å². The van der Waals surface area contributed by atoms with E-state index in [0.29, 0.717) is 28.6 Å². The number of carbonyl (C=O) groups is 3. The molecule has 0 N–H and O–H groups in total. The van der Waals surface area contributed by atoms with E-state index in [2.05, 4.69) is 0 Å². The molecule has 4 rings (SSSR count). The fourth-order valence-electron chi connectivity index (χ4n) is 4.50. The van der Waals surface area contributed by atoms with Crippen LogP contribution >= 0.6 is 23.2 Å². The van der Waals surface area contributed by atoms with Crippen molar-refractivity contribution in [1.29, 1.82) is 0 Å². The Morgan fingerprint density at radius 1 is 0.861 bits per heavy atom. The number of anilines is 1. The highest BCUT2D eigenvalue weighted by Crippen LogP contribution is 2.47. The van der Waals surface area contributed by atoms with Gasteiger partial charge in [-0.05, 0) is 72.5 Å². The van der Waals surface area contributed by atoms with E-state index in [9.17, 15) is 14.4 Å².